The third-order valence-corrected chi connectivity index (χ3v) is 2.42. The molecule has 0 bridgehead atoms. The van der Waals surface area contributed by atoms with E-state index >= 15 is 0 Å². The highest BCUT2D eigenvalue weighted by Gasteiger charge is 2.05. The van der Waals surface area contributed by atoms with Gasteiger partial charge in [0.25, 0.3) is 0 Å². The van der Waals surface area contributed by atoms with E-state index in [0.29, 0.717) is 11.3 Å². The highest BCUT2D eigenvalue weighted by molar-refractivity contribution is 5.80. The van der Waals surface area contributed by atoms with E-state index in [1.165, 1.54) is 0 Å². The van der Waals surface area contributed by atoms with E-state index in [1.807, 2.05) is 32.0 Å². The Balaban J connectivity index is 2.57. The Morgan fingerprint density at radius 2 is 2.06 bits per heavy atom. The summed E-state index contributed by atoms with van der Waals surface area (Å²) in [6.45, 7) is 3.95. The minimum atomic E-state index is -0.378. The van der Waals surface area contributed by atoms with Crippen molar-refractivity contribution >= 4 is 16.9 Å². The fourth-order valence-electron chi connectivity index (χ4n) is 1.75. The standard InChI is InChI=1S/C12H13N3O/c1-7-5-8(2)14-12-10(7)4-3-9(15-12)6-11(13)16/h3-5H,6H2,1-2H3,(H2,13,16). The Kier molecular flexibility index (Phi) is 2.56. The first kappa shape index (κ1) is 10.5. The maximum Gasteiger partial charge on any atom is 0.223 e. The van der Waals surface area contributed by atoms with Gasteiger partial charge in [-0.1, -0.05) is 0 Å². The maximum absolute atomic E-state index is 10.8. The van der Waals surface area contributed by atoms with Gasteiger partial charge in [-0.15, -0.1) is 0 Å². The molecule has 2 heterocycles. The molecule has 0 fully saturated rings. The third-order valence-electron chi connectivity index (χ3n) is 2.42. The molecule has 0 unspecified atom stereocenters. The lowest BCUT2D eigenvalue weighted by molar-refractivity contribution is -0.117. The lowest BCUT2D eigenvalue weighted by Gasteiger charge is -2.04. The number of carbonyl (C=O) groups is 1. The van der Waals surface area contributed by atoms with Crippen LogP contribution in [0, 0.1) is 13.8 Å². The number of amides is 1. The number of rotatable bonds is 2. The van der Waals surface area contributed by atoms with Crippen molar-refractivity contribution in [2.45, 2.75) is 20.3 Å². The van der Waals surface area contributed by atoms with Crippen molar-refractivity contribution < 1.29 is 4.79 Å². The Labute approximate surface area is 93.5 Å². The summed E-state index contributed by atoms with van der Waals surface area (Å²) >= 11 is 0. The number of pyridine rings is 2. The van der Waals surface area contributed by atoms with Crippen LogP contribution < -0.4 is 5.73 Å². The van der Waals surface area contributed by atoms with Crippen LogP contribution in [0.5, 0.6) is 0 Å². The average molecular weight is 215 g/mol. The number of fused-ring (bicyclic) bond motifs is 1. The molecule has 2 aromatic rings. The first-order chi connectivity index (χ1) is 7.56. The number of hydrogen-bond donors (Lipinski definition) is 1. The molecule has 0 aliphatic heterocycles. The molecule has 0 aromatic carbocycles. The largest absolute Gasteiger partial charge is 0.369 e. The molecule has 2 aromatic heterocycles. The molecular weight excluding hydrogens is 202 g/mol. The zero-order valence-corrected chi connectivity index (χ0v) is 9.32. The van der Waals surface area contributed by atoms with Gasteiger partial charge in [-0.25, -0.2) is 9.97 Å². The van der Waals surface area contributed by atoms with E-state index in [9.17, 15) is 4.79 Å². The van der Waals surface area contributed by atoms with Crippen molar-refractivity contribution in [3.05, 3.63) is 35.2 Å². The van der Waals surface area contributed by atoms with Crippen LogP contribution in [0.3, 0.4) is 0 Å². The van der Waals surface area contributed by atoms with E-state index in [-0.39, 0.29) is 12.3 Å². The lowest BCUT2D eigenvalue weighted by Crippen LogP contribution is -2.14. The van der Waals surface area contributed by atoms with Gasteiger partial charge < -0.3 is 5.73 Å². The van der Waals surface area contributed by atoms with Gasteiger partial charge in [0.2, 0.25) is 5.91 Å². The van der Waals surface area contributed by atoms with Crippen molar-refractivity contribution in [1.82, 2.24) is 9.97 Å². The molecule has 0 aliphatic carbocycles. The molecule has 16 heavy (non-hydrogen) atoms. The van der Waals surface area contributed by atoms with Crippen LogP contribution in [0.25, 0.3) is 11.0 Å². The van der Waals surface area contributed by atoms with Gasteiger partial charge in [0.15, 0.2) is 5.65 Å². The Bertz CT molecular complexity index is 563. The second-order valence-electron chi connectivity index (χ2n) is 3.90. The molecule has 0 atom stereocenters. The van der Waals surface area contributed by atoms with E-state index in [2.05, 4.69) is 9.97 Å². The molecule has 4 heteroatoms. The molecule has 4 nitrogen and oxygen atoms in total. The number of aromatic nitrogens is 2. The molecule has 0 aliphatic rings. The van der Waals surface area contributed by atoms with Crippen molar-refractivity contribution in [2.75, 3.05) is 0 Å². The molecular formula is C12H13N3O. The number of nitrogens with zero attached hydrogens (tertiary/aromatic N) is 2. The smallest absolute Gasteiger partial charge is 0.223 e. The molecule has 0 saturated heterocycles. The van der Waals surface area contributed by atoms with E-state index < -0.39 is 0 Å². The quantitative estimate of drug-likeness (QED) is 0.820. The Morgan fingerprint density at radius 1 is 1.31 bits per heavy atom. The molecule has 82 valence electrons. The monoisotopic (exact) mass is 215 g/mol. The topological polar surface area (TPSA) is 68.9 Å². The third kappa shape index (κ3) is 2.00. The predicted molar refractivity (Wildman–Crippen MR) is 61.9 cm³/mol. The van der Waals surface area contributed by atoms with E-state index in [0.717, 1.165) is 16.6 Å². The van der Waals surface area contributed by atoms with Gasteiger partial charge in [-0.3, -0.25) is 4.79 Å². The number of nitrogens with two attached hydrogens (primary N) is 1. The maximum atomic E-state index is 10.8. The van der Waals surface area contributed by atoms with E-state index in [1.54, 1.807) is 0 Å². The molecule has 0 radical (unpaired) electrons. The fourth-order valence-corrected chi connectivity index (χ4v) is 1.75. The zero-order chi connectivity index (χ0) is 11.7. The van der Waals surface area contributed by atoms with Crippen molar-refractivity contribution in [3.63, 3.8) is 0 Å². The molecule has 0 saturated carbocycles. The minimum Gasteiger partial charge on any atom is -0.369 e. The Morgan fingerprint density at radius 3 is 2.75 bits per heavy atom. The number of primary amides is 1. The van der Waals surface area contributed by atoms with Crippen LogP contribution in [0.4, 0.5) is 0 Å². The second kappa shape index (κ2) is 3.89. The summed E-state index contributed by atoms with van der Waals surface area (Å²) < 4.78 is 0. The predicted octanol–water partition coefficient (Wildman–Crippen LogP) is 1.27. The van der Waals surface area contributed by atoms with Gasteiger partial charge in [-0.2, -0.15) is 0 Å². The number of hydrogen-bond acceptors (Lipinski definition) is 3. The molecule has 2 rings (SSSR count). The highest BCUT2D eigenvalue weighted by Crippen LogP contribution is 2.16. The van der Waals surface area contributed by atoms with Gasteiger partial charge in [0.05, 0.1) is 12.1 Å². The van der Waals surface area contributed by atoms with Crippen molar-refractivity contribution in [3.8, 4) is 0 Å². The summed E-state index contributed by atoms with van der Waals surface area (Å²) in [5.74, 6) is -0.378. The van der Waals surface area contributed by atoms with Crippen LogP contribution in [-0.2, 0) is 11.2 Å². The molecule has 2 N–H and O–H groups in total. The van der Waals surface area contributed by atoms with Crippen molar-refractivity contribution in [2.24, 2.45) is 5.73 Å². The van der Waals surface area contributed by atoms with Crippen LogP contribution in [0.15, 0.2) is 18.2 Å². The lowest BCUT2D eigenvalue weighted by atomic mass is 10.1. The first-order valence-electron chi connectivity index (χ1n) is 5.08. The average Bonchev–Trinajstić information content (AvgIpc) is 2.15. The summed E-state index contributed by atoms with van der Waals surface area (Å²) in [6.07, 6.45) is 0.157. The summed E-state index contributed by atoms with van der Waals surface area (Å²) in [5, 5.41) is 1.01. The zero-order valence-electron chi connectivity index (χ0n) is 9.32. The van der Waals surface area contributed by atoms with Gasteiger partial charge in [-0.05, 0) is 37.6 Å². The summed E-state index contributed by atoms with van der Waals surface area (Å²) in [5.41, 5.74) is 8.53. The number of aryl methyl sites for hydroxylation is 2. The van der Waals surface area contributed by atoms with Crippen LogP contribution in [0.2, 0.25) is 0 Å². The summed E-state index contributed by atoms with van der Waals surface area (Å²) in [7, 11) is 0. The van der Waals surface area contributed by atoms with Crippen LogP contribution >= 0.6 is 0 Å². The van der Waals surface area contributed by atoms with Gasteiger partial charge in [0.1, 0.15) is 0 Å². The van der Waals surface area contributed by atoms with Crippen LogP contribution in [0.1, 0.15) is 17.0 Å². The minimum absolute atomic E-state index is 0.157. The summed E-state index contributed by atoms with van der Waals surface area (Å²) in [4.78, 5) is 19.5. The van der Waals surface area contributed by atoms with Gasteiger partial charge >= 0.3 is 0 Å². The SMILES string of the molecule is Cc1cc(C)c2ccc(CC(N)=O)nc2n1. The van der Waals surface area contributed by atoms with Crippen molar-refractivity contribution in [1.29, 1.82) is 0 Å². The molecule has 0 spiro atoms. The normalized spacial score (nSPS) is 10.6. The Hall–Kier alpha value is -1.97. The van der Waals surface area contributed by atoms with Gasteiger partial charge in [0, 0.05) is 11.1 Å². The highest BCUT2D eigenvalue weighted by atomic mass is 16.1. The summed E-state index contributed by atoms with van der Waals surface area (Å²) in [6, 6.07) is 5.76. The second-order valence-corrected chi connectivity index (χ2v) is 3.90. The number of carbonyl (C=O) groups excluding carboxylic acids is 1. The fraction of sp³-hybridized carbons (Fsp3) is 0.250. The first-order valence-corrected chi connectivity index (χ1v) is 5.08. The molecule has 1 amide bonds. The van der Waals surface area contributed by atoms with Crippen LogP contribution in [-0.4, -0.2) is 15.9 Å². The van der Waals surface area contributed by atoms with E-state index in [4.69, 9.17) is 5.73 Å².